The van der Waals surface area contributed by atoms with E-state index in [0.717, 1.165) is 18.1 Å². The molecule has 3 aliphatic rings. The quantitative estimate of drug-likeness (QED) is 0.821. The van der Waals surface area contributed by atoms with E-state index in [1.165, 1.54) is 77.7 Å². The third-order valence-electron chi connectivity index (χ3n) is 5.33. The predicted molar refractivity (Wildman–Crippen MR) is 80.5 cm³/mol. The van der Waals surface area contributed by atoms with Crippen molar-refractivity contribution in [3.8, 4) is 0 Å². The van der Waals surface area contributed by atoms with Gasteiger partial charge in [-0.05, 0) is 64.7 Å². The van der Waals surface area contributed by atoms with Crippen LogP contribution >= 0.6 is 0 Å². The lowest BCUT2D eigenvalue weighted by molar-refractivity contribution is 0.0919. The van der Waals surface area contributed by atoms with Gasteiger partial charge in [0.15, 0.2) is 0 Å². The molecule has 3 rings (SSSR count). The van der Waals surface area contributed by atoms with Gasteiger partial charge in [-0.15, -0.1) is 0 Å². The molecule has 3 fully saturated rings. The first kappa shape index (κ1) is 13.8. The van der Waals surface area contributed by atoms with E-state index < -0.39 is 0 Å². The maximum absolute atomic E-state index is 3.74. The van der Waals surface area contributed by atoms with Crippen LogP contribution in [0.4, 0.5) is 0 Å². The Morgan fingerprint density at radius 2 is 1.74 bits per heavy atom. The minimum atomic E-state index is 0.776. The Morgan fingerprint density at radius 3 is 2.32 bits per heavy atom. The lowest BCUT2D eigenvalue weighted by Gasteiger charge is -2.40. The second-order valence-electron chi connectivity index (χ2n) is 6.74. The molecule has 0 aromatic heterocycles. The van der Waals surface area contributed by atoms with E-state index in [4.69, 9.17) is 0 Å². The molecule has 3 nitrogen and oxygen atoms in total. The highest BCUT2D eigenvalue weighted by atomic mass is 15.2. The summed E-state index contributed by atoms with van der Waals surface area (Å²) in [5, 5.41) is 3.74. The van der Waals surface area contributed by atoms with Gasteiger partial charge in [-0.1, -0.05) is 13.3 Å². The van der Waals surface area contributed by atoms with Gasteiger partial charge in [0.25, 0.3) is 0 Å². The molecular formula is C16H31N3. The first-order valence-electron chi connectivity index (χ1n) is 8.58. The second kappa shape index (κ2) is 6.55. The summed E-state index contributed by atoms with van der Waals surface area (Å²) in [7, 11) is 0. The minimum absolute atomic E-state index is 0.776. The molecule has 1 atom stereocenters. The monoisotopic (exact) mass is 265 g/mol. The van der Waals surface area contributed by atoms with Crippen molar-refractivity contribution < 1.29 is 0 Å². The van der Waals surface area contributed by atoms with Crippen molar-refractivity contribution in [3.63, 3.8) is 0 Å². The number of rotatable bonds is 5. The molecule has 1 saturated carbocycles. The zero-order valence-corrected chi connectivity index (χ0v) is 12.6. The summed E-state index contributed by atoms with van der Waals surface area (Å²) in [6, 6.07) is 2.58. The number of hydrogen-bond donors (Lipinski definition) is 1. The Bertz CT molecular complexity index is 263. The third-order valence-corrected chi connectivity index (χ3v) is 5.33. The van der Waals surface area contributed by atoms with E-state index in [0.29, 0.717) is 0 Å². The molecule has 19 heavy (non-hydrogen) atoms. The van der Waals surface area contributed by atoms with Crippen molar-refractivity contribution in [1.29, 1.82) is 0 Å². The fourth-order valence-electron chi connectivity index (χ4n) is 3.90. The van der Waals surface area contributed by atoms with E-state index in [1.807, 2.05) is 0 Å². The highest BCUT2D eigenvalue weighted by molar-refractivity contribution is 4.93. The van der Waals surface area contributed by atoms with Gasteiger partial charge >= 0.3 is 0 Å². The van der Waals surface area contributed by atoms with Crippen LogP contribution in [0.25, 0.3) is 0 Å². The highest BCUT2D eigenvalue weighted by Gasteiger charge is 2.36. The fourth-order valence-corrected chi connectivity index (χ4v) is 3.90. The van der Waals surface area contributed by atoms with E-state index in [1.54, 1.807) is 0 Å². The van der Waals surface area contributed by atoms with Gasteiger partial charge in [0, 0.05) is 24.7 Å². The van der Waals surface area contributed by atoms with Crippen LogP contribution in [-0.4, -0.2) is 60.6 Å². The highest BCUT2D eigenvalue weighted by Crippen LogP contribution is 2.32. The summed E-state index contributed by atoms with van der Waals surface area (Å²) in [6.07, 6.45) is 9.94. The Kier molecular flexibility index (Phi) is 4.78. The first-order valence-corrected chi connectivity index (χ1v) is 8.58. The van der Waals surface area contributed by atoms with Crippen LogP contribution in [-0.2, 0) is 0 Å². The van der Waals surface area contributed by atoms with Crippen molar-refractivity contribution >= 4 is 0 Å². The molecule has 0 aromatic rings. The zero-order valence-electron chi connectivity index (χ0n) is 12.6. The Balaban J connectivity index is 1.52. The first-order chi connectivity index (χ1) is 9.36. The van der Waals surface area contributed by atoms with Crippen molar-refractivity contribution in [2.24, 2.45) is 0 Å². The largest absolute Gasteiger partial charge is 0.313 e. The predicted octanol–water partition coefficient (Wildman–Crippen LogP) is 2.08. The van der Waals surface area contributed by atoms with Gasteiger partial charge < -0.3 is 10.2 Å². The van der Waals surface area contributed by atoms with Crippen molar-refractivity contribution in [3.05, 3.63) is 0 Å². The lowest BCUT2D eigenvalue weighted by atomic mass is 9.99. The number of piperidine rings is 2. The molecule has 0 amide bonds. The Hall–Kier alpha value is -0.120. The molecule has 1 N–H and O–H groups in total. The molecule has 1 unspecified atom stereocenters. The SMILES string of the molecule is CCN1CCC(N(CC2CCCCN2)C2CC2)CC1. The minimum Gasteiger partial charge on any atom is -0.313 e. The molecular weight excluding hydrogens is 234 g/mol. The smallest absolute Gasteiger partial charge is 0.0195 e. The van der Waals surface area contributed by atoms with Crippen molar-refractivity contribution in [1.82, 2.24) is 15.1 Å². The molecule has 3 heteroatoms. The molecule has 2 aliphatic heterocycles. The number of nitrogens with zero attached hydrogens (tertiary/aromatic N) is 2. The van der Waals surface area contributed by atoms with Gasteiger partial charge in [-0.25, -0.2) is 0 Å². The van der Waals surface area contributed by atoms with Gasteiger partial charge in [0.05, 0.1) is 0 Å². The average Bonchev–Trinajstić information content (AvgIpc) is 3.31. The summed E-state index contributed by atoms with van der Waals surface area (Å²) in [4.78, 5) is 5.50. The average molecular weight is 265 g/mol. The van der Waals surface area contributed by atoms with Crippen LogP contribution < -0.4 is 5.32 Å². The van der Waals surface area contributed by atoms with Gasteiger partial charge in [0.1, 0.15) is 0 Å². The van der Waals surface area contributed by atoms with Gasteiger partial charge in [-0.3, -0.25) is 4.90 Å². The molecule has 1 aliphatic carbocycles. The second-order valence-corrected chi connectivity index (χ2v) is 6.74. The molecule has 2 saturated heterocycles. The van der Waals surface area contributed by atoms with Gasteiger partial charge in [-0.2, -0.15) is 0 Å². The molecule has 0 radical (unpaired) electrons. The topological polar surface area (TPSA) is 18.5 Å². The molecule has 0 spiro atoms. The van der Waals surface area contributed by atoms with E-state index in [-0.39, 0.29) is 0 Å². The Morgan fingerprint density at radius 1 is 1.00 bits per heavy atom. The molecule has 2 heterocycles. The standard InChI is InChI=1S/C16H31N3/c1-2-18-11-8-16(9-12-18)19(15-6-7-15)13-14-5-3-4-10-17-14/h14-17H,2-13H2,1H3. The van der Waals surface area contributed by atoms with Crippen LogP contribution in [0.15, 0.2) is 0 Å². The number of hydrogen-bond acceptors (Lipinski definition) is 3. The summed E-state index contributed by atoms with van der Waals surface area (Å²) >= 11 is 0. The zero-order chi connectivity index (χ0) is 13.1. The number of nitrogens with one attached hydrogen (secondary N) is 1. The van der Waals surface area contributed by atoms with Crippen LogP contribution in [0.5, 0.6) is 0 Å². The summed E-state index contributed by atoms with van der Waals surface area (Å²) < 4.78 is 0. The van der Waals surface area contributed by atoms with Crippen LogP contribution in [0.2, 0.25) is 0 Å². The van der Waals surface area contributed by atoms with E-state index in [9.17, 15) is 0 Å². The fraction of sp³-hybridized carbons (Fsp3) is 1.00. The van der Waals surface area contributed by atoms with E-state index >= 15 is 0 Å². The maximum Gasteiger partial charge on any atom is 0.0195 e. The van der Waals surface area contributed by atoms with Gasteiger partial charge in [0.2, 0.25) is 0 Å². The molecule has 0 aromatic carbocycles. The lowest BCUT2D eigenvalue weighted by Crippen LogP contribution is -2.51. The molecule has 0 bridgehead atoms. The summed E-state index contributed by atoms with van der Waals surface area (Å²) in [5.41, 5.74) is 0. The van der Waals surface area contributed by atoms with Crippen molar-refractivity contribution in [2.75, 3.05) is 32.7 Å². The normalized spacial score (nSPS) is 30.9. The summed E-state index contributed by atoms with van der Waals surface area (Å²) in [6.45, 7) is 8.75. The summed E-state index contributed by atoms with van der Waals surface area (Å²) in [5.74, 6) is 0. The number of likely N-dealkylation sites (tertiary alicyclic amines) is 1. The molecule has 110 valence electrons. The van der Waals surface area contributed by atoms with Crippen molar-refractivity contribution in [2.45, 2.75) is 70.0 Å². The Labute approximate surface area is 118 Å². The van der Waals surface area contributed by atoms with Crippen LogP contribution in [0, 0.1) is 0 Å². The third kappa shape index (κ3) is 3.71. The maximum atomic E-state index is 3.74. The van der Waals surface area contributed by atoms with Crippen LogP contribution in [0.3, 0.4) is 0 Å². The van der Waals surface area contributed by atoms with Crippen LogP contribution in [0.1, 0.15) is 51.9 Å². The van der Waals surface area contributed by atoms with E-state index in [2.05, 4.69) is 22.0 Å².